The molecule has 1 fully saturated rings. The first-order chi connectivity index (χ1) is 8.04. The van der Waals surface area contributed by atoms with Crippen LogP contribution in [-0.2, 0) is 4.74 Å². The van der Waals surface area contributed by atoms with Gasteiger partial charge >= 0.3 is 5.97 Å². The van der Waals surface area contributed by atoms with Crippen molar-refractivity contribution in [3.05, 3.63) is 29.3 Å². The Balaban J connectivity index is 2.25. The molecule has 5 heteroatoms. The van der Waals surface area contributed by atoms with Crippen LogP contribution in [0.3, 0.4) is 0 Å². The maximum Gasteiger partial charge on any atom is 0.340 e. The molecule has 3 nitrogen and oxygen atoms in total. The van der Waals surface area contributed by atoms with E-state index >= 15 is 0 Å². The number of ether oxygens (including phenoxy) is 1. The molecular weight excluding hydrogens is 228 g/mol. The first-order valence-electron chi connectivity index (χ1n) is 5.37. The van der Waals surface area contributed by atoms with Crippen molar-refractivity contribution in [2.24, 2.45) is 5.92 Å². The monoisotopic (exact) mass is 241 g/mol. The lowest BCUT2D eigenvalue weighted by Crippen LogP contribution is -2.10. The van der Waals surface area contributed by atoms with Gasteiger partial charge in [0.05, 0.1) is 18.4 Å². The molecule has 2 atom stereocenters. The van der Waals surface area contributed by atoms with Crippen LogP contribution in [0.2, 0.25) is 0 Å². The number of anilines is 1. The van der Waals surface area contributed by atoms with Crippen LogP contribution in [-0.4, -0.2) is 19.1 Å². The summed E-state index contributed by atoms with van der Waals surface area (Å²) < 4.78 is 31.5. The largest absolute Gasteiger partial charge is 0.465 e. The van der Waals surface area contributed by atoms with Crippen molar-refractivity contribution in [2.45, 2.75) is 19.4 Å². The Labute approximate surface area is 97.8 Å². The fraction of sp³-hybridized carbons (Fsp3) is 0.417. The lowest BCUT2D eigenvalue weighted by molar-refractivity contribution is 0.0594. The maximum absolute atomic E-state index is 13.6. The summed E-state index contributed by atoms with van der Waals surface area (Å²) >= 11 is 0. The lowest BCUT2D eigenvalue weighted by atomic mass is 10.1. The number of benzene rings is 1. The highest BCUT2D eigenvalue weighted by Crippen LogP contribution is 2.34. The molecule has 0 aromatic heterocycles. The predicted octanol–water partition coefficient (Wildman–Crippen LogP) is 2.57. The molecule has 2 rings (SSSR count). The third-order valence-electron chi connectivity index (χ3n) is 2.94. The summed E-state index contributed by atoms with van der Waals surface area (Å²) in [6.07, 6.45) is 0.944. The zero-order valence-electron chi connectivity index (χ0n) is 9.59. The van der Waals surface area contributed by atoms with Crippen LogP contribution in [0.15, 0.2) is 12.1 Å². The second-order valence-corrected chi connectivity index (χ2v) is 4.24. The van der Waals surface area contributed by atoms with Gasteiger partial charge in [-0.1, -0.05) is 6.92 Å². The first-order valence-corrected chi connectivity index (χ1v) is 5.37. The number of rotatable bonds is 3. The second kappa shape index (κ2) is 4.31. The van der Waals surface area contributed by atoms with E-state index in [0.717, 1.165) is 13.5 Å². The molecular formula is C12H13F2NO2. The standard InChI is InChI=1S/C12H13F2NO2/c1-6-5-9(6)15-8-4-3-7(12(16)17-2)10(13)11(8)14/h3-4,6,9,15H,5H2,1-2H3. The Kier molecular flexibility index (Phi) is 3.00. The minimum atomic E-state index is -1.17. The van der Waals surface area contributed by atoms with Gasteiger partial charge < -0.3 is 10.1 Å². The van der Waals surface area contributed by atoms with E-state index in [-0.39, 0.29) is 17.3 Å². The summed E-state index contributed by atoms with van der Waals surface area (Å²) in [6, 6.07) is 2.77. The maximum atomic E-state index is 13.6. The Hall–Kier alpha value is -1.65. The van der Waals surface area contributed by atoms with E-state index in [1.54, 1.807) is 0 Å². The highest BCUT2D eigenvalue weighted by atomic mass is 19.2. The number of hydrogen-bond acceptors (Lipinski definition) is 3. The van der Waals surface area contributed by atoms with Crippen LogP contribution in [0, 0.1) is 17.6 Å². The van der Waals surface area contributed by atoms with E-state index in [1.165, 1.54) is 12.1 Å². The van der Waals surface area contributed by atoms with Crippen molar-refractivity contribution in [1.29, 1.82) is 0 Å². The summed E-state index contributed by atoms with van der Waals surface area (Å²) in [6.45, 7) is 2.02. The van der Waals surface area contributed by atoms with Crippen molar-refractivity contribution in [2.75, 3.05) is 12.4 Å². The Bertz CT molecular complexity index is 462. The number of carbonyl (C=O) groups is 1. The number of nitrogens with one attached hydrogen (secondary N) is 1. The molecule has 0 heterocycles. The highest BCUT2D eigenvalue weighted by Gasteiger charge is 2.33. The molecule has 2 unspecified atom stereocenters. The fourth-order valence-corrected chi connectivity index (χ4v) is 1.65. The molecule has 17 heavy (non-hydrogen) atoms. The van der Waals surface area contributed by atoms with E-state index in [9.17, 15) is 13.6 Å². The molecule has 1 aromatic rings. The van der Waals surface area contributed by atoms with E-state index < -0.39 is 17.6 Å². The van der Waals surface area contributed by atoms with E-state index in [0.29, 0.717) is 5.92 Å². The molecule has 0 saturated heterocycles. The molecule has 0 amide bonds. The number of hydrogen-bond donors (Lipinski definition) is 1. The van der Waals surface area contributed by atoms with Crippen LogP contribution >= 0.6 is 0 Å². The molecule has 1 saturated carbocycles. The summed E-state index contributed by atoms with van der Waals surface area (Å²) in [5.74, 6) is -2.62. The van der Waals surface area contributed by atoms with Gasteiger partial charge in [0.25, 0.3) is 0 Å². The van der Waals surface area contributed by atoms with E-state index in [2.05, 4.69) is 10.1 Å². The molecule has 0 aliphatic heterocycles. The molecule has 1 aliphatic carbocycles. The fourth-order valence-electron chi connectivity index (χ4n) is 1.65. The van der Waals surface area contributed by atoms with Gasteiger partial charge in [-0.2, -0.15) is 0 Å². The minimum absolute atomic E-state index is 0.0875. The van der Waals surface area contributed by atoms with Crippen LogP contribution in [0.4, 0.5) is 14.5 Å². The number of esters is 1. The number of carbonyl (C=O) groups excluding carboxylic acids is 1. The van der Waals surface area contributed by atoms with Crippen molar-refractivity contribution in [1.82, 2.24) is 0 Å². The molecule has 92 valence electrons. The first kappa shape index (κ1) is 11.8. The minimum Gasteiger partial charge on any atom is -0.465 e. The Morgan fingerprint density at radius 2 is 2.06 bits per heavy atom. The normalized spacial score (nSPS) is 22.1. The van der Waals surface area contributed by atoms with Crippen molar-refractivity contribution >= 4 is 11.7 Å². The zero-order valence-corrected chi connectivity index (χ0v) is 9.59. The third kappa shape index (κ3) is 2.23. The van der Waals surface area contributed by atoms with Crippen LogP contribution < -0.4 is 5.32 Å². The van der Waals surface area contributed by atoms with Gasteiger partial charge in [-0.15, -0.1) is 0 Å². The SMILES string of the molecule is COC(=O)c1ccc(NC2CC2C)c(F)c1F. The van der Waals surface area contributed by atoms with Crippen LogP contribution in [0.25, 0.3) is 0 Å². The average Bonchev–Trinajstić information content (AvgIpc) is 3.00. The summed E-state index contributed by atoms with van der Waals surface area (Å²) in [5.41, 5.74) is -0.302. The third-order valence-corrected chi connectivity index (χ3v) is 2.94. The van der Waals surface area contributed by atoms with E-state index in [1.807, 2.05) is 6.92 Å². The topological polar surface area (TPSA) is 38.3 Å². The van der Waals surface area contributed by atoms with Crippen molar-refractivity contribution < 1.29 is 18.3 Å². The smallest absolute Gasteiger partial charge is 0.340 e. The predicted molar refractivity (Wildman–Crippen MR) is 58.9 cm³/mol. The molecule has 0 spiro atoms. The average molecular weight is 241 g/mol. The molecule has 1 N–H and O–H groups in total. The van der Waals surface area contributed by atoms with Crippen LogP contribution in [0.5, 0.6) is 0 Å². The summed E-state index contributed by atoms with van der Waals surface area (Å²) in [5, 5.41) is 2.89. The number of methoxy groups -OCH3 is 1. The van der Waals surface area contributed by atoms with Gasteiger partial charge in [-0.3, -0.25) is 0 Å². The molecule has 1 aromatic carbocycles. The molecule has 0 radical (unpaired) electrons. The summed E-state index contributed by atoms with van der Waals surface area (Å²) in [7, 11) is 1.12. The van der Waals surface area contributed by atoms with Gasteiger partial charge in [-0.25, -0.2) is 13.6 Å². The van der Waals surface area contributed by atoms with Crippen LogP contribution in [0.1, 0.15) is 23.7 Å². The quantitative estimate of drug-likeness (QED) is 0.826. The summed E-state index contributed by atoms with van der Waals surface area (Å²) in [4.78, 5) is 11.1. The lowest BCUT2D eigenvalue weighted by Gasteiger charge is -2.09. The Morgan fingerprint density at radius 3 is 2.59 bits per heavy atom. The highest BCUT2D eigenvalue weighted by molar-refractivity contribution is 5.90. The molecule has 0 bridgehead atoms. The number of halogens is 2. The Morgan fingerprint density at radius 1 is 1.41 bits per heavy atom. The van der Waals surface area contributed by atoms with E-state index in [4.69, 9.17) is 0 Å². The second-order valence-electron chi connectivity index (χ2n) is 4.24. The van der Waals surface area contributed by atoms with Gasteiger partial charge in [0.1, 0.15) is 0 Å². The van der Waals surface area contributed by atoms with Gasteiger partial charge in [0.15, 0.2) is 11.6 Å². The zero-order chi connectivity index (χ0) is 12.6. The molecule has 1 aliphatic rings. The van der Waals surface area contributed by atoms with Gasteiger partial charge in [0.2, 0.25) is 0 Å². The van der Waals surface area contributed by atoms with Crippen molar-refractivity contribution in [3.63, 3.8) is 0 Å². The van der Waals surface area contributed by atoms with Gasteiger partial charge in [0, 0.05) is 6.04 Å². The van der Waals surface area contributed by atoms with Crippen molar-refractivity contribution in [3.8, 4) is 0 Å². The van der Waals surface area contributed by atoms with Gasteiger partial charge in [-0.05, 0) is 24.5 Å².